The summed E-state index contributed by atoms with van der Waals surface area (Å²) in [6, 6.07) is 25.1. The van der Waals surface area contributed by atoms with Crippen LogP contribution in [0.25, 0.3) is 33.3 Å². The number of fused-ring (bicyclic) bond motifs is 1. The number of nitriles is 2. The Labute approximate surface area is 245 Å². The first kappa shape index (κ1) is 27.4. The third-order valence-corrected chi connectivity index (χ3v) is 8.28. The smallest absolute Gasteiger partial charge is 0.236 e. The van der Waals surface area contributed by atoms with Crippen LogP contribution in [0.3, 0.4) is 0 Å². The maximum atomic E-state index is 12.0. The fourth-order valence-electron chi connectivity index (χ4n) is 5.87. The monoisotopic (exact) mass is 559 g/mol. The lowest BCUT2D eigenvalue weighted by Crippen LogP contribution is -2.48. The van der Waals surface area contributed by atoms with Gasteiger partial charge < -0.3 is 24.3 Å². The molecule has 1 N–H and O–H groups in total. The van der Waals surface area contributed by atoms with Crippen molar-refractivity contribution in [2.45, 2.75) is 32.3 Å². The van der Waals surface area contributed by atoms with Crippen molar-refractivity contribution < 1.29 is 14.3 Å². The molecular weight excluding hydrogens is 526 g/mol. The Kier molecular flexibility index (Phi) is 7.81. The number of hydrogen-bond acceptors (Lipinski definition) is 6. The van der Waals surface area contributed by atoms with Crippen LogP contribution in [-0.2, 0) is 9.53 Å². The molecule has 1 amide bonds. The van der Waals surface area contributed by atoms with Gasteiger partial charge in [-0.05, 0) is 59.5 Å². The molecule has 4 aromatic rings. The van der Waals surface area contributed by atoms with Crippen LogP contribution in [0.2, 0.25) is 0 Å². The van der Waals surface area contributed by atoms with E-state index in [0.29, 0.717) is 37.6 Å². The average Bonchev–Trinajstić information content (AvgIpc) is 3.49. The van der Waals surface area contributed by atoms with E-state index in [1.807, 2.05) is 24.3 Å². The Hall–Kier alpha value is -4.79. The molecule has 8 heteroatoms. The summed E-state index contributed by atoms with van der Waals surface area (Å²) in [5.74, 6) is 0.533. The van der Waals surface area contributed by atoms with Gasteiger partial charge in [0, 0.05) is 61.3 Å². The predicted molar refractivity (Wildman–Crippen MR) is 162 cm³/mol. The molecule has 42 heavy (non-hydrogen) atoms. The molecule has 1 aromatic heterocycles. The van der Waals surface area contributed by atoms with Crippen molar-refractivity contribution in [1.82, 2.24) is 9.88 Å². The van der Waals surface area contributed by atoms with Gasteiger partial charge in [-0.25, -0.2) is 0 Å². The standard InChI is InChI=1S/C34H33N5O3/c1-23-2-8-29(25-5-9-32(26(20-25)22-36)42-28-11-18-41-19-12-28)30-21-31(37-34(23)30)24-3-6-27(7-4-24)38-14-16-39(17-15-38)33(40)10-13-35/h2-9,20-21,28,37H,10-12,14-19H2,1H3. The third kappa shape index (κ3) is 5.54. The Morgan fingerprint density at radius 1 is 0.976 bits per heavy atom. The number of aromatic nitrogens is 1. The number of rotatable bonds is 6. The number of aryl methyl sites for hydroxylation is 1. The van der Waals surface area contributed by atoms with E-state index in [0.717, 1.165) is 70.5 Å². The van der Waals surface area contributed by atoms with Gasteiger partial charge in [0.25, 0.3) is 0 Å². The van der Waals surface area contributed by atoms with Crippen LogP contribution < -0.4 is 9.64 Å². The number of carbonyl (C=O) groups excluding carboxylic acids is 1. The lowest BCUT2D eigenvalue weighted by molar-refractivity contribution is -0.130. The summed E-state index contributed by atoms with van der Waals surface area (Å²) in [4.78, 5) is 19.7. The van der Waals surface area contributed by atoms with E-state index < -0.39 is 0 Å². The fraction of sp³-hybridized carbons (Fsp3) is 0.324. The fourth-order valence-corrected chi connectivity index (χ4v) is 5.87. The van der Waals surface area contributed by atoms with Crippen molar-refractivity contribution in [2.24, 2.45) is 0 Å². The van der Waals surface area contributed by atoms with Crippen LogP contribution >= 0.6 is 0 Å². The van der Waals surface area contributed by atoms with Gasteiger partial charge >= 0.3 is 0 Å². The van der Waals surface area contributed by atoms with Crippen LogP contribution in [0.15, 0.2) is 60.7 Å². The summed E-state index contributed by atoms with van der Waals surface area (Å²) in [5.41, 5.74) is 8.03. The Balaban J connectivity index is 1.23. The van der Waals surface area contributed by atoms with Crippen LogP contribution in [0.4, 0.5) is 5.69 Å². The molecule has 0 aliphatic carbocycles. The second-order valence-electron chi connectivity index (χ2n) is 10.9. The second kappa shape index (κ2) is 12.0. The zero-order chi connectivity index (χ0) is 29.1. The SMILES string of the molecule is Cc1ccc(-c2ccc(OC3CCOCC3)c(C#N)c2)c2cc(-c3ccc(N4CCN(C(=O)CC#N)CC4)cc3)[nH]c12. The highest BCUT2D eigenvalue weighted by Crippen LogP contribution is 2.36. The summed E-state index contributed by atoms with van der Waals surface area (Å²) in [6.45, 7) is 6.22. The van der Waals surface area contributed by atoms with Crippen molar-refractivity contribution in [3.63, 3.8) is 0 Å². The molecule has 0 atom stereocenters. The molecule has 6 rings (SSSR count). The molecule has 0 bridgehead atoms. The number of aromatic amines is 1. The first-order valence-corrected chi connectivity index (χ1v) is 14.5. The Morgan fingerprint density at radius 2 is 1.71 bits per heavy atom. The molecule has 2 aliphatic rings. The van der Waals surface area contributed by atoms with E-state index in [4.69, 9.17) is 14.7 Å². The number of hydrogen-bond donors (Lipinski definition) is 1. The van der Waals surface area contributed by atoms with Gasteiger partial charge in [-0.2, -0.15) is 10.5 Å². The molecule has 3 heterocycles. The van der Waals surface area contributed by atoms with Crippen molar-refractivity contribution in [3.8, 4) is 40.3 Å². The number of H-pyrrole nitrogens is 1. The number of nitrogens with one attached hydrogen (secondary N) is 1. The highest BCUT2D eigenvalue weighted by molar-refractivity contribution is 6.00. The van der Waals surface area contributed by atoms with Crippen LogP contribution in [0.1, 0.15) is 30.4 Å². The van der Waals surface area contributed by atoms with Gasteiger partial charge in [-0.3, -0.25) is 4.79 Å². The minimum absolute atomic E-state index is 0.0593. The summed E-state index contributed by atoms with van der Waals surface area (Å²) < 4.78 is 11.6. The molecule has 2 saturated heterocycles. The summed E-state index contributed by atoms with van der Waals surface area (Å²) in [7, 11) is 0. The maximum absolute atomic E-state index is 12.0. The molecule has 3 aromatic carbocycles. The lowest BCUT2D eigenvalue weighted by atomic mass is 9.97. The van der Waals surface area contributed by atoms with Crippen molar-refractivity contribution >= 4 is 22.5 Å². The van der Waals surface area contributed by atoms with E-state index in [1.54, 1.807) is 4.90 Å². The topological polar surface area (TPSA) is 105 Å². The zero-order valence-electron chi connectivity index (χ0n) is 23.7. The molecule has 2 aliphatic heterocycles. The Morgan fingerprint density at radius 3 is 2.43 bits per heavy atom. The number of benzene rings is 3. The van der Waals surface area contributed by atoms with Crippen molar-refractivity contribution in [3.05, 3.63) is 71.8 Å². The number of piperazine rings is 1. The van der Waals surface area contributed by atoms with Gasteiger partial charge in [0.1, 0.15) is 24.3 Å². The van der Waals surface area contributed by atoms with Gasteiger partial charge in [-0.1, -0.05) is 30.3 Å². The summed E-state index contributed by atoms with van der Waals surface area (Å²) in [6.07, 6.45) is 1.68. The largest absolute Gasteiger partial charge is 0.489 e. The zero-order valence-corrected chi connectivity index (χ0v) is 23.7. The Bertz CT molecular complexity index is 1680. The highest BCUT2D eigenvalue weighted by atomic mass is 16.5. The van der Waals surface area contributed by atoms with Crippen LogP contribution in [-0.4, -0.2) is 61.3 Å². The molecule has 0 saturated carbocycles. The van der Waals surface area contributed by atoms with E-state index in [-0.39, 0.29) is 18.4 Å². The molecule has 212 valence electrons. The van der Waals surface area contributed by atoms with Gasteiger partial charge in [0.05, 0.1) is 24.8 Å². The second-order valence-corrected chi connectivity index (χ2v) is 10.9. The van der Waals surface area contributed by atoms with Gasteiger partial charge in [0.15, 0.2) is 0 Å². The third-order valence-electron chi connectivity index (χ3n) is 8.28. The minimum atomic E-state index is -0.0934. The molecular formula is C34H33N5O3. The van der Waals surface area contributed by atoms with Crippen LogP contribution in [0.5, 0.6) is 5.75 Å². The number of anilines is 1. The van der Waals surface area contributed by atoms with E-state index in [1.165, 1.54) is 0 Å². The highest BCUT2D eigenvalue weighted by Gasteiger charge is 2.22. The lowest BCUT2D eigenvalue weighted by Gasteiger charge is -2.35. The van der Waals surface area contributed by atoms with E-state index in [9.17, 15) is 10.1 Å². The number of nitrogens with zero attached hydrogens (tertiary/aromatic N) is 4. The van der Waals surface area contributed by atoms with Crippen LogP contribution in [0, 0.1) is 29.6 Å². The minimum Gasteiger partial charge on any atom is -0.489 e. The van der Waals surface area contributed by atoms with E-state index in [2.05, 4.69) is 65.3 Å². The average molecular weight is 560 g/mol. The molecule has 8 nitrogen and oxygen atoms in total. The summed E-state index contributed by atoms with van der Waals surface area (Å²) >= 11 is 0. The molecule has 2 fully saturated rings. The molecule has 0 radical (unpaired) electrons. The first-order valence-electron chi connectivity index (χ1n) is 14.5. The van der Waals surface area contributed by atoms with E-state index >= 15 is 0 Å². The normalized spacial score (nSPS) is 15.8. The van der Waals surface area contributed by atoms with Gasteiger partial charge in [0.2, 0.25) is 5.91 Å². The predicted octanol–water partition coefficient (Wildman–Crippen LogP) is 5.80. The van der Waals surface area contributed by atoms with Crippen molar-refractivity contribution in [1.29, 1.82) is 10.5 Å². The molecule has 0 spiro atoms. The number of carbonyl (C=O) groups is 1. The quantitative estimate of drug-likeness (QED) is 0.320. The number of ether oxygens (including phenoxy) is 2. The maximum Gasteiger partial charge on any atom is 0.236 e. The van der Waals surface area contributed by atoms with Gasteiger partial charge in [-0.15, -0.1) is 0 Å². The number of amides is 1. The summed E-state index contributed by atoms with van der Waals surface area (Å²) in [5, 5.41) is 19.8. The molecule has 0 unspecified atom stereocenters. The first-order chi connectivity index (χ1) is 20.5. The van der Waals surface area contributed by atoms with Crippen molar-refractivity contribution in [2.75, 3.05) is 44.3 Å².